The number of para-hydroxylation sites is 2. The van der Waals surface area contributed by atoms with Crippen molar-refractivity contribution in [2.24, 2.45) is 0 Å². The van der Waals surface area contributed by atoms with Gasteiger partial charge in [0.1, 0.15) is 19.2 Å². The van der Waals surface area contributed by atoms with Gasteiger partial charge in [-0.2, -0.15) is 0 Å². The summed E-state index contributed by atoms with van der Waals surface area (Å²) in [5.41, 5.74) is 8.37. The molecule has 0 unspecified atom stereocenters. The van der Waals surface area contributed by atoms with Gasteiger partial charge in [-0.05, 0) is 28.9 Å². The Balaban J connectivity index is 1.46. The maximum absolute atomic E-state index is 6.59. The Kier molecular flexibility index (Phi) is 4.46. The lowest BCUT2D eigenvalue weighted by Gasteiger charge is -2.19. The largest absolute Gasteiger partial charge is 0.454 e. The number of furan rings is 1. The summed E-state index contributed by atoms with van der Waals surface area (Å²) in [5.74, 6) is 0.690. The maximum atomic E-state index is 6.59. The van der Waals surface area contributed by atoms with Crippen LogP contribution in [0.5, 0.6) is 0 Å². The van der Waals surface area contributed by atoms with Crippen LogP contribution in [0.2, 0.25) is 13.1 Å². The molecule has 4 nitrogen and oxygen atoms in total. The summed E-state index contributed by atoms with van der Waals surface area (Å²) >= 11 is 0. The molecule has 3 aromatic heterocycles. The number of nitrogens with zero attached hydrogens (tertiary/aromatic N) is 3. The van der Waals surface area contributed by atoms with Gasteiger partial charge >= 0.3 is 0 Å². The van der Waals surface area contributed by atoms with Crippen molar-refractivity contribution in [3.05, 3.63) is 115 Å². The lowest BCUT2D eigenvalue weighted by atomic mass is 10.0. The third-order valence-corrected chi connectivity index (χ3v) is 12.1. The first kappa shape index (κ1) is 22.8. The molecule has 0 saturated carbocycles. The number of benzene rings is 5. The molecule has 0 N–H and O–H groups in total. The fraction of sp³-hybridized carbons (Fsp3) is 0.0556. The van der Waals surface area contributed by atoms with Crippen LogP contribution in [-0.2, 0) is 0 Å². The van der Waals surface area contributed by atoms with Gasteiger partial charge in [0.2, 0.25) is 5.95 Å². The molecule has 4 heterocycles. The minimum atomic E-state index is -2.09. The second kappa shape index (κ2) is 8.02. The highest BCUT2D eigenvalue weighted by molar-refractivity contribution is 7.03. The highest BCUT2D eigenvalue weighted by Gasteiger charge is 2.41. The summed E-state index contributed by atoms with van der Waals surface area (Å²) in [6.45, 7) is 4.82. The molecule has 0 spiro atoms. The number of hydrogen-bond donors (Lipinski definition) is 0. The predicted octanol–water partition coefficient (Wildman–Crippen LogP) is 7.94. The molecule has 0 saturated heterocycles. The molecule has 1 aliphatic rings. The fourth-order valence-corrected chi connectivity index (χ4v) is 9.78. The average molecular weight is 544 g/mol. The molecule has 0 aliphatic carbocycles. The Morgan fingerprint density at radius 1 is 0.634 bits per heavy atom. The molecule has 5 aromatic carbocycles. The van der Waals surface area contributed by atoms with E-state index in [-0.39, 0.29) is 0 Å². The minimum absolute atomic E-state index is 0.690. The molecule has 0 radical (unpaired) electrons. The van der Waals surface area contributed by atoms with Crippen molar-refractivity contribution in [3.63, 3.8) is 0 Å². The molecule has 194 valence electrons. The van der Waals surface area contributed by atoms with Crippen LogP contribution in [0.15, 0.2) is 120 Å². The first-order chi connectivity index (χ1) is 20.1. The highest BCUT2D eigenvalue weighted by Crippen LogP contribution is 2.41. The lowest BCUT2D eigenvalue weighted by molar-refractivity contribution is 0.671. The molecule has 8 aromatic rings. The smallest absolute Gasteiger partial charge is 0.235 e. The van der Waals surface area contributed by atoms with Gasteiger partial charge in [-0.1, -0.05) is 110 Å². The monoisotopic (exact) mass is 543 g/mol. The zero-order chi connectivity index (χ0) is 27.3. The van der Waals surface area contributed by atoms with Crippen molar-refractivity contribution in [2.75, 3.05) is 0 Å². The van der Waals surface area contributed by atoms with Crippen molar-refractivity contribution in [3.8, 4) is 28.3 Å². The van der Waals surface area contributed by atoms with E-state index in [9.17, 15) is 0 Å². The van der Waals surface area contributed by atoms with Crippen molar-refractivity contribution in [1.29, 1.82) is 0 Å². The van der Waals surface area contributed by atoms with Gasteiger partial charge in [-0.15, -0.1) is 0 Å². The summed E-state index contributed by atoms with van der Waals surface area (Å²) < 4.78 is 8.82. The fourth-order valence-electron chi connectivity index (χ4n) is 6.87. The van der Waals surface area contributed by atoms with Crippen LogP contribution < -0.4 is 10.5 Å². The molecule has 41 heavy (non-hydrogen) atoms. The molecule has 1 aliphatic heterocycles. The second-order valence-corrected chi connectivity index (χ2v) is 15.7. The van der Waals surface area contributed by atoms with Gasteiger partial charge < -0.3 is 4.42 Å². The average Bonchev–Trinajstić information content (AvgIpc) is 3.64. The summed E-state index contributed by atoms with van der Waals surface area (Å²) in [5, 5.41) is 7.12. The minimum Gasteiger partial charge on any atom is -0.454 e. The number of aromatic nitrogens is 3. The molecule has 9 rings (SSSR count). The van der Waals surface area contributed by atoms with Gasteiger partial charge in [-0.3, -0.25) is 4.57 Å². The van der Waals surface area contributed by atoms with E-state index in [4.69, 9.17) is 14.4 Å². The normalized spacial score (nSPS) is 13.8. The molecule has 0 bridgehead atoms. The third kappa shape index (κ3) is 2.98. The molecular weight excluding hydrogens is 519 g/mol. The summed E-state index contributed by atoms with van der Waals surface area (Å²) in [4.78, 5) is 10.9. The maximum Gasteiger partial charge on any atom is 0.235 e. The Bertz CT molecular complexity index is 2350. The topological polar surface area (TPSA) is 43.9 Å². The first-order valence-electron chi connectivity index (χ1n) is 14.0. The van der Waals surface area contributed by atoms with E-state index in [2.05, 4.69) is 121 Å². The van der Waals surface area contributed by atoms with Crippen LogP contribution in [0.3, 0.4) is 0 Å². The standard InChI is InChI=1S/C36H25N3OSi/c1-41(2)30-19-11-8-16-27(30)31-32(22-12-4-3-5-13-22)37-36(38-35(31)41)39-28-17-9-6-14-23(28)25-20-21-26-24-15-7-10-18-29(24)40-34(26)33(25)39/h3-21H,1-2H3. The van der Waals surface area contributed by atoms with Gasteiger partial charge in [0, 0.05) is 38.0 Å². The van der Waals surface area contributed by atoms with Gasteiger partial charge in [0.05, 0.1) is 11.2 Å². The first-order valence-corrected chi connectivity index (χ1v) is 17.0. The van der Waals surface area contributed by atoms with Crippen LogP contribution in [0.4, 0.5) is 0 Å². The van der Waals surface area contributed by atoms with Gasteiger partial charge in [0.15, 0.2) is 5.58 Å². The molecule has 0 fully saturated rings. The SMILES string of the molecule is C[Si]1(C)c2ccccc2-c2c(-c3ccccc3)nc(-n3c4ccccc4c4ccc5c6ccccc6oc5c43)nc21. The van der Waals surface area contributed by atoms with Crippen molar-refractivity contribution in [1.82, 2.24) is 14.5 Å². The van der Waals surface area contributed by atoms with Crippen LogP contribution in [-0.4, -0.2) is 22.6 Å². The second-order valence-electron chi connectivity index (χ2n) is 11.4. The van der Waals surface area contributed by atoms with E-state index in [1.165, 1.54) is 21.6 Å². The van der Waals surface area contributed by atoms with Crippen LogP contribution >= 0.6 is 0 Å². The number of hydrogen-bond acceptors (Lipinski definition) is 3. The van der Waals surface area contributed by atoms with Gasteiger partial charge in [0.25, 0.3) is 0 Å². The van der Waals surface area contributed by atoms with E-state index in [1.807, 2.05) is 12.1 Å². The molecule has 0 atom stereocenters. The van der Waals surface area contributed by atoms with Gasteiger partial charge in [-0.25, -0.2) is 9.97 Å². The Morgan fingerprint density at radius 3 is 2.22 bits per heavy atom. The number of rotatable bonds is 2. The zero-order valence-electron chi connectivity index (χ0n) is 22.7. The summed E-state index contributed by atoms with van der Waals surface area (Å²) in [7, 11) is -2.09. The van der Waals surface area contributed by atoms with E-state index in [1.54, 1.807) is 0 Å². The molecule has 0 amide bonds. The highest BCUT2D eigenvalue weighted by atomic mass is 28.3. The van der Waals surface area contributed by atoms with Crippen molar-refractivity contribution < 1.29 is 4.42 Å². The van der Waals surface area contributed by atoms with E-state index >= 15 is 0 Å². The Morgan fingerprint density at radius 2 is 1.34 bits per heavy atom. The van der Waals surface area contributed by atoms with Crippen molar-refractivity contribution in [2.45, 2.75) is 13.1 Å². The third-order valence-electron chi connectivity index (χ3n) is 8.79. The quantitative estimate of drug-likeness (QED) is 0.208. The predicted molar refractivity (Wildman–Crippen MR) is 171 cm³/mol. The Hall–Kier alpha value is -5.00. The molecular formula is C36H25N3OSi. The van der Waals surface area contributed by atoms with Crippen LogP contribution in [0.25, 0.3) is 72.1 Å². The summed E-state index contributed by atoms with van der Waals surface area (Å²) in [6, 6.07) is 40.6. The van der Waals surface area contributed by atoms with Crippen LogP contribution in [0, 0.1) is 0 Å². The number of fused-ring (bicyclic) bond motifs is 10. The van der Waals surface area contributed by atoms with E-state index in [0.29, 0.717) is 5.95 Å². The van der Waals surface area contributed by atoms with E-state index < -0.39 is 8.07 Å². The summed E-state index contributed by atoms with van der Waals surface area (Å²) in [6.07, 6.45) is 0. The Labute approximate surface area is 237 Å². The van der Waals surface area contributed by atoms with E-state index in [0.717, 1.165) is 55.0 Å². The van der Waals surface area contributed by atoms with Crippen molar-refractivity contribution >= 4 is 62.3 Å². The zero-order valence-corrected chi connectivity index (χ0v) is 23.7. The lowest BCUT2D eigenvalue weighted by Crippen LogP contribution is -2.51. The molecule has 5 heteroatoms. The van der Waals surface area contributed by atoms with Crippen LogP contribution in [0.1, 0.15) is 0 Å².